The van der Waals surface area contributed by atoms with Gasteiger partial charge in [0.2, 0.25) is 23.6 Å². The molecule has 0 aromatic carbocycles. The lowest BCUT2D eigenvalue weighted by atomic mass is 10.0. The Morgan fingerprint density at radius 2 is 1.22 bits per heavy atom. The smallest absolute Gasteiger partial charge is 0.326 e. The summed E-state index contributed by atoms with van der Waals surface area (Å²) in [5.74, 6) is -6.80. The Balaban J connectivity index is 5.56. The molecule has 13 nitrogen and oxygen atoms in total. The summed E-state index contributed by atoms with van der Waals surface area (Å²) in [6.45, 7) is 6.85. The minimum absolute atomic E-state index is 0.0692. The Bertz CT molecular complexity index is 725. The molecule has 0 saturated heterocycles. The van der Waals surface area contributed by atoms with Crippen molar-refractivity contribution in [3.63, 3.8) is 0 Å². The van der Waals surface area contributed by atoms with Crippen LogP contribution in [0.4, 0.5) is 0 Å². The first kappa shape index (κ1) is 28.8. The number of carboxylic acids is 2. The highest BCUT2D eigenvalue weighted by Gasteiger charge is 2.32. The number of carbonyl (C=O) groups excluding carboxylic acids is 4. The highest BCUT2D eigenvalue weighted by Crippen LogP contribution is 2.08. The summed E-state index contributed by atoms with van der Waals surface area (Å²) in [5, 5.41) is 24.7. The number of amides is 4. The second kappa shape index (κ2) is 13.2. The van der Waals surface area contributed by atoms with Crippen LogP contribution in [0.2, 0.25) is 0 Å². The third-order valence-corrected chi connectivity index (χ3v) is 4.39. The average molecular weight is 460 g/mol. The molecule has 0 rings (SSSR count). The summed E-state index contributed by atoms with van der Waals surface area (Å²) < 4.78 is 0. The maximum Gasteiger partial charge on any atom is 0.326 e. The molecule has 0 aromatic rings. The van der Waals surface area contributed by atoms with Crippen molar-refractivity contribution >= 4 is 35.6 Å². The third kappa shape index (κ3) is 10.7. The van der Waals surface area contributed by atoms with E-state index >= 15 is 0 Å². The molecule has 0 aliphatic carbocycles. The first-order chi connectivity index (χ1) is 14.6. The van der Waals surface area contributed by atoms with Gasteiger partial charge in [-0.3, -0.25) is 24.0 Å². The average Bonchev–Trinajstić information content (AvgIpc) is 2.64. The van der Waals surface area contributed by atoms with Gasteiger partial charge < -0.3 is 37.6 Å². The lowest BCUT2D eigenvalue weighted by molar-refractivity contribution is -0.147. The van der Waals surface area contributed by atoms with Crippen LogP contribution in [0, 0.1) is 11.8 Å². The third-order valence-electron chi connectivity index (χ3n) is 4.39. The lowest BCUT2D eigenvalue weighted by Crippen LogP contribution is -2.58. The summed E-state index contributed by atoms with van der Waals surface area (Å²) in [5.41, 5.74) is 10.9. The molecule has 32 heavy (non-hydrogen) atoms. The van der Waals surface area contributed by atoms with Crippen molar-refractivity contribution in [3.8, 4) is 0 Å². The van der Waals surface area contributed by atoms with Gasteiger partial charge in [0, 0.05) is 0 Å². The first-order valence-electron chi connectivity index (χ1n) is 10.0. The Morgan fingerprint density at radius 1 is 0.750 bits per heavy atom. The molecule has 182 valence electrons. The number of primary amides is 1. The number of carbonyl (C=O) groups is 6. The van der Waals surface area contributed by atoms with Gasteiger partial charge in [-0.1, -0.05) is 27.7 Å². The summed E-state index contributed by atoms with van der Waals surface area (Å²) in [4.78, 5) is 71.0. The standard InChI is InChI=1S/C19H33N5O8/c1-8(2)5-10(16(28)24-12(19(31)32)7-14(26)27)22-17(29)11(6-13(20)25)23-18(30)15(21)9(3)4/h8-12,15H,5-7,21H2,1-4H3,(H2,20,25)(H,22,29)(H,23,30)(H,24,28)(H,26,27)(H,31,32). The van der Waals surface area contributed by atoms with Crippen LogP contribution in [0.5, 0.6) is 0 Å². The second-order valence-electron chi connectivity index (χ2n) is 8.19. The number of hydrogen-bond acceptors (Lipinski definition) is 7. The van der Waals surface area contributed by atoms with Gasteiger partial charge in [-0.2, -0.15) is 0 Å². The quantitative estimate of drug-likeness (QED) is 0.151. The van der Waals surface area contributed by atoms with E-state index in [0.717, 1.165) is 0 Å². The van der Waals surface area contributed by atoms with Crippen molar-refractivity contribution in [2.75, 3.05) is 0 Å². The van der Waals surface area contributed by atoms with Gasteiger partial charge in [0.05, 0.1) is 18.9 Å². The Hall–Kier alpha value is -3.22. The zero-order valence-electron chi connectivity index (χ0n) is 18.6. The minimum atomic E-state index is -1.71. The molecule has 4 atom stereocenters. The molecule has 0 saturated carbocycles. The summed E-state index contributed by atoms with van der Waals surface area (Å²) in [6, 6.07) is -5.34. The van der Waals surface area contributed by atoms with Crippen LogP contribution >= 0.6 is 0 Å². The van der Waals surface area contributed by atoms with Crippen LogP contribution in [-0.2, 0) is 28.8 Å². The molecule has 0 fully saturated rings. The molecule has 4 unspecified atom stereocenters. The van der Waals surface area contributed by atoms with Crippen molar-refractivity contribution in [1.82, 2.24) is 16.0 Å². The molecule has 0 bridgehead atoms. The fraction of sp³-hybridized carbons (Fsp3) is 0.684. The van der Waals surface area contributed by atoms with Crippen LogP contribution in [0.25, 0.3) is 0 Å². The number of carboxylic acid groups (broad SMARTS) is 2. The zero-order chi connectivity index (χ0) is 25.2. The monoisotopic (exact) mass is 459 g/mol. The van der Waals surface area contributed by atoms with E-state index in [4.69, 9.17) is 21.7 Å². The number of hydrogen-bond donors (Lipinski definition) is 7. The van der Waals surface area contributed by atoms with Gasteiger partial charge in [-0.05, 0) is 18.3 Å². The van der Waals surface area contributed by atoms with Gasteiger partial charge in [0.1, 0.15) is 18.1 Å². The zero-order valence-corrected chi connectivity index (χ0v) is 18.6. The predicted molar refractivity (Wildman–Crippen MR) is 112 cm³/mol. The number of rotatable bonds is 14. The normalized spacial score (nSPS) is 14.7. The molecule has 9 N–H and O–H groups in total. The highest BCUT2D eigenvalue weighted by molar-refractivity contribution is 5.96. The number of aliphatic carboxylic acids is 2. The van der Waals surface area contributed by atoms with Gasteiger partial charge in [-0.15, -0.1) is 0 Å². The largest absolute Gasteiger partial charge is 0.481 e. The minimum Gasteiger partial charge on any atom is -0.481 e. The van der Waals surface area contributed by atoms with E-state index in [1.807, 2.05) is 0 Å². The van der Waals surface area contributed by atoms with E-state index in [9.17, 15) is 28.8 Å². The van der Waals surface area contributed by atoms with Crippen molar-refractivity contribution in [3.05, 3.63) is 0 Å². The topological polar surface area (TPSA) is 231 Å². The van der Waals surface area contributed by atoms with E-state index in [-0.39, 0.29) is 18.3 Å². The summed E-state index contributed by atoms with van der Waals surface area (Å²) >= 11 is 0. The van der Waals surface area contributed by atoms with Crippen molar-refractivity contribution in [2.45, 2.75) is 71.1 Å². The van der Waals surface area contributed by atoms with Crippen LogP contribution < -0.4 is 27.4 Å². The van der Waals surface area contributed by atoms with Gasteiger partial charge in [-0.25, -0.2) is 4.79 Å². The van der Waals surface area contributed by atoms with Crippen LogP contribution in [-0.4, -0.2) is 69.9 Å². The molecule has 0 spiro atoms. The van der Waals surface area contributed by atoms with Crippen LogP contribution in [0.15, 0.2) is 0 Å². The number of nitrogens with two attached hydrogens (primary N) is 2. The second-order valence-corrected chi connectivity index (χ2v) is 8.19. The Labute approximate surface area is 185 Å². The van der Waals surface area contributed by atoms with Crippen LogP contribution in [0.1, 0.15) is 47.0 Å². The van der Waals surface area contributed by atoms with E-state index in [2.05, 4.69) is 16.0 Å². The van der Waals surface area contributed by atoms with E-state index in [1.165, 1.54) is 0 Å². The van der Waals surface area contributed by atoms with Gasteiger partial charge in [0.15, 0.2) is 0 Å². The summed E-state index contributed by atoms with van der Waals surface area (Å²) in [7, 11) is 0. The molecule has 0 aromatic heterocycles. The van der Waals surface area contributed by atoms with Crippen molar-refractivity contribution < 1.29 is 39.0 Å². The fourth-order valence-electron chi connectivity index (χ4n) is 2.60. The summed E-state index contributed by atoms with van der Waals surface area (Å²) in [6.07, 6.45) is -1.36. The SMILES string of the molecule is CC(C)CC(NC(=O)C(CC(N)=O)NC(=O)C(N)C(C)C)C(=O)NC(CC(=O)O)C(=O)O. The molecule has 0 heterocycles. The Kier molecular flexibility index (Phi) is 11.9. The van der Waals surface area contributed by atoms with Gasteiger partial charge in [0.25, 0.3) is 0 Å². The van der Waals surface area contributed by atoms with Gasteiger partial charge >= 0.3 is 11.9 Å². The molecular weight excluding hydrogens is 426 g/mol. The highest BCUT2D eigenvalue weighted by atomic mass is 16.4. The van der Waals surface area contributed by atoms with E-state index in [1.54, 1.807) is 27.7 Å². The molecule has 0 aliphatic heterocycles. The van der Waals surface area contributed by atoms with Crippen molar-refractivity contribution in [1.29, 1.82) is 0 Å². The predicted octanol–water partition coefficient (Wildman–Crippen LogP) is -2.10. The molecular formula is C19H33N5O8. The number of nitrogens with one attached hydrogen (secondary N) is 3. The van der Waals surface area contributed by atoms with E-state index < -0.39 is 72.6 Å². The van der Waals surface area contributed by atoms with E-state index in [0.29, 0.717) is 0 Å². The lowest BCUT2D eigenvalue weighted by Gasteiger charge is -2.26. The fourth-order valence-corrected chi connectivity index (χ4v) is 2.60. The molecule has 4 amide bonds. The van der Waals surface area contributed by atoms with Crippen molar-refractivity contribution in [2.24, 2.45) is 23.3 Å². The molecule has 0 radical (unpaired) electrons. The molecule has 13 heteroatoms. The maximum atomic E-state index is 12.7. The Morgan fingerprint density at radius 3 is 1.62 bits per heavy atom. The first-order valence-corrected chi connectivity index (χ1v) is 10.0. The van der Waals surface area contributed by atoms with Crippen LogP contribution in [0.3, 0.4) is 0 Å². The maximum absolute atomic E-state index is 12.7. The molecule has 0 aliphatic rings.